The van der Waals surface area contributed by atoms with Crippen LogP contribution in [0.3, 0.4) is 0 Å². The predicted molar refractivity (Wildman–Crippen MR) is 73.8 cm³/mol. The summed E-state index contributed by atoms with van der Waals surface area (Å²) in [6.45, 7) is 6.42. The normalized spacial score (nSPS) is 10.5. The Balaban J connectivity index is 2.92. The molecule has 0 saturated carbocycles. The molecule has 0 aliphatic carbocycles. The van der Waals surface area contributed by atoms with Crippen LogP contribution >= 0.6 is 23.2 Å². The van der Waals surface area contributed by atoms with Gasteiger partial charge in [0, 0.05) is 29.7 Å². The standard InChI is InChI=1S/C13H19Cl2N/c1-3-5-8-16(4-2)13-9-12(15)7-6-11(13)10-14/h6-7,9H,3-5,8,10H2,1-2H3. The van der Waals surface area contributed by atoms with Crippen molar-refractivity contribution in [3.8, 4) is 0 Å². The number of nitrogens with zero attached hydrogens (tertiary/aromatic N) is 1. The first kappa shape index (κ1) is 13.7. The van der Waals surface area contributed by atoms with E-state index in [1.54, 1.807) is 0 Å². The zero-order chi connectivity index (χ0) is 12.0. The Morgan fingerprint density at radius 2 is 2.00 bits per heavy atom. The summed E-state index contributed by atoms with van der Waals surface area (Å²) in [5, 5.41) is 0.777. The molecule has 0 heterocycles. The average molecular weight is 260 g/mol. The molecule has 0 spiro atoms. The van der Waals surface area contributed by atoms with E-state index in [1.165, 1.54) is 18.5 Å². The molecule has 0 aliphatic rings. The molecular formula is C13H19Cl2N. The summed E-state index contributed by atoms with van der Waals surface area (Å²) < 4.78 is 0. The van der Waals surface area contributed by atoms with Crippen LogP contribution in [0, 0.1) is 0 Å². The van der Waals surface area contributed by atoms with Crippen LogP contribution in [0.4, 0.5) is 5.69 Å². The summed E-state index contributed by atoms with van der Waals surface area (Å²) in [5.41, 5.74) is 2.34. The molecule has 16 heavy (non-hydrogen) atoms. The molecular weight excluding hydrogens is 241 g/mol. The van der Waals surface area contributed by atoms with Gasteiger partial charge in [-0.25, -0.2) is 0 Å². The van der Waals surface area contributed by atoms with Gasteiger partial charge in [0.1, 0.15) is 0 Å². The number of benzene rings is 1. The second-order valence-corrected chi connectivity index (χ2v) is 4.54. The Hall–Kier alpha value is -0.400. The molecule has 0 radical (unpaired) electrons. The van der Waals surface area contributed by atoms with Crippen LogP contribution in [0.2, 0.25) is 5.02 Å². The third-order valence-electron chi connectivity index (χ3n) is 2.70. The van der Waals surface area contributed by atoms with Crippen molar-refractivity contribution in [2.24, 2.45) is 0 Å². The van der Waals surface area contributed by atoms with Gasteiger partial charge in [-0.1, -0.05) is 31.0 Å². The second-order valence-electron chi connectivity index (χ2n) is 3.84. The van der Waals surface area contributed by atoms with Gasteiger partial charge in [0.2, 0.25) is 0 Å². The Bertz CT molecular complexity index is 326. The van der Waals surface area contributed by atoms with E-state index < -0.39 is 0 Å². The molecule has 1 aromatic rings. The second kappa shape index (κ2) is 7.03. The predicted octanol–water partition coefficient (Wildman–Crippen LogP) is 4.71. The summed E-state index contributed by atoms with van der Waals surface area (Å²) in [6.07, 6.45) is 2.40. The number of anilines is 1. The monoisotopic (exact) mass is 259 g/mol. The van der Waals surface area contributed by atoms with Crippen LogP contribution in [-0.2, 0) is 5.88 Å². The molecule has 0 aromatic heterocycles. The van der Waals surface area contributed by atoms with Crippen molar-refractivity contribution < 1.29 is 0 Å². The summed E-state index contributed by atoms with van der Waals surface area (Å²) >= 11 is 12.0. The van der Waals surface area contributed by atoms with Crippen molar-refractivity contribution in [3.05, 3.63) is 28.8 Å². The van der Waals surface area contributed by atoms with Crippen molar-refractivity contribution in [2.45, 2.75) is 32.6 Å². The lowest BCUT2D eigenvalue weighted by Crippen LogP contribution is -2.24. The van der Waals surface area contributed by atoms with Crippen LogP contribution in [0.25, 0.3) is 0 Å². The maximum atomic E-state index is 6.04. The molecule has 0 N–H and O–H groups in total. The molecule has 0 unspecified atom stereocenters. The molecule has 0 atom stereocenters. The number of unbranched alkanes of at least 4 members (excludes halogenated alkanes) is 1. The van der Waals surface area contributed by atoms with Gasteiger partial charge in [-0.3, -0.25) is 0 Å². The van der Waals surface area contributed by atoms with E-state index >= 15 is 0 Å². The van der Waals surface area contributed by atoms with Gasteiger partial charge in [0.25, 0.3) is 0 Å². The van der Waals surface area contributed by atoms with E-state index in [4.69, 9.17) is 23.2 Å². The summed E-state index contributed by atoms with van der Waals surface area (Å²) in [7, 11) is 0. The molecule has 0 fully saturated rings. The Labute approximate surface area is 108 Å². The number of alkyl halides is 1. The SMILES string of the molecule is CCCCN(CC)c1cc(Cl)ccc1CCl. The summed E-state index contributed by atoms with van der Waals surface area (Å²) in [5.74, 6) is 0.537. The lowest BCUT2D eigenvalue weighted by molar-refractivity contribution is 0.730. The first-order chi connectivity index (χ1) is 7.72. The van der Waals surface area contributed by atoms with E-state index in [0.29, 0.717) is 5.88 Å². The van der Waals surface area contributed by atoms with Gasteiger partial charge < -0.3 is 4.90 Å². The van der Waals surface area contributed by atoms with E-state index in [0.717, 1.165) is 23.7 Å². The van der Waals surface area contributed by atoms with E-state index in [1.807, 2.05) is 18.2 Å². The fourth-order valence-electron chi connectivity index (χ4n) is 1.74. The van der Waals surface area contributed by atoms with Crippen molar-refractivity contribution >= 4 is 28.9 Å². The topological polar surface area (TPSA) is 3.24 Å². The molecule has 0 amide bonds. The average Bonchev–Trinajstić information content (AvgIpc) is 2.30. The molecule has 1 rings (SSSR count). The van der Waals surface area contributed by atoms with Gasteiger partial charge >= 0.3 is 0 Å². The fourth-order valence-corrected chi connectivity index (χ4v) is 2.13. The number of hydrogen-bond donors (Lipinski definition) is 0. The van der Waals surface area contributed by atoms with E-state index in [-0.39, 0.29) is 0 Å². The zero-order valence-electron chi connectivity index (χ0n) is 9.97. The maximum absolute atomic E-state index is 6.04. The minimum absolute atomic E-state index is 0.537. The van der Waals surface area contributed by atoms with Crippen LogP contribution in [0.5, 0.6) is 0 Å². The third-order valence-corrected chi connectivity index (χ3v) is 3.22. The van der Waals surface area contributed by atoms with Crippen LogP contribution in [0.15, 0.2) is 18.2 Å². The number of rotatable bonds is 6. The van der Waals surface area contributed by atoms with Crippen molar-refractivity contribution in [1.82, 2.24) is 0 Å². The van der Waals surface area contributed by atoms with Crippen LogP contribution in [-0.4, -0.2) is 13.1 Å². The first-order valence-corrected chi connectivity index (χ1v) is 6.73. The molecule has 0 bridgehead atoms. The zero-order valence-corrected chi connectivity index (χ0v) is 11.5. The van der Waals surface area contributed by atoms with Gasteiger partial charge in [-0.2, -0.15) is 0 Å². The van der Waals surface area contributed by atoms with Gasteiger partial charge in [0.05, 0.1) is 0 Å². The quantitative estimate of drug-likeness (QED) is 0.670. The maximum Gasteiger partial charge on any atom is 0.0494 e. The number of hydrogen-bond acceptors (Lipinski definition) is 1. The van der Waals surface area contributed by atoms with Crippen LogP contribution in [0.1, 0.15) is 32.3 Å². The highest BCUT2D eigenvalue weighted by Crippen LogP contribution is 2.26. The van der Waals surface area contributed by atoms with E-state index in [9.17, 15) is 0 Å². The third kappa shape index (κ3) is 3.57. The Kier molecular flexibility index (Phi) is 6.00. The summed E-state index contributed by atoms with van der Waals surface area (Å²) in [6, 6.07) is 5.92. The van der Waals surface area contributed by atoms with Crippen molar-refractivity contribution in [3.63, 3.8) is 0 Å². The highest BCUT2D eigenvalue weighted by atomic mass is 35.5. The highest BCUT2D eigenvalue weighted by molar-refractivity contribution is 6.31. The van der Waals surface area contributed by atoms with Gasteiger partial charge in [-0.15, -0.1) is 11.6 Å². The Morgan fingerprint density at radius 3 is 2.56 bits per heavy atom. The van der Waals surface area contributed by atoms with Gasteiger partial charge in [0.15, 0.2) is 0 Å². The minimum Gasteiger partial charge on any atom is -0.372 e. The van der Waals surface area contributed by atoms with Crippen LogP contribution < -0.4 is 4.90 Å². The molecule has 1 aromatic carbocycles. The summed E-state index contributed by atoms with van der Waals surface area (Å²) in [4.78, 5) is 2.34. The van der Waals surface area contributed by atoms with Gasteiger partial charge in [-0.05, 0) is 31.0 Å². The molecule has 1 nitrogen and oxygen atoms in total. The largest absolute Gasteiger partial charge is 0.372 e. The van der Waals surface area contributed by atoms with Crippen molar-refractivity contribution in [1.29, 1.82) is 0 Å². The molecule has 90 valence electrons. The first-order valence-electron chi connectivity index (χ1n) is 5.82. The lowest BCUT2D eigenvalue weighted by Gasteiger charge is -2.25. The minimum atomic E-state index is 0.537. The molecule has 0 aliphatic heterocycles. The van der Waals surface area contributed by atoms with E-state index in [2.05, 4.69) is 18.7 Å². The Morgan fingerprint density at radius 1 is 1.25 bits per heavy atom. The fraction of sp³-hybridized carbons (Fsp3) is 0.538. The smallest absolute Gasteiger partial charge is 0.0494 e. The lowest BCUT2D eigenvalue weighted by atomic mass is 10.1. The number of halogens is 2. The van der Waals surface area contributed by atoms with Crippen molar-refractivity contribution in [2.75, 3.05) is 18.0 Å². The molecule has 3 heteroatoms. The highest BCUT2D eigenvalue weighted by Gasteiger charge is 2.09. The molecule has 0 saturated heterocycles.